The fraction of sp³-hybridized carbons (Fsp3) is 0.0667. The summed E-state index contributed by atoms with van der Waals surface area (Å²) >= 11 is 0. The monoisotopic (exact) mass is 410 g/mol. The van der Waals surface area contributed by atoms with Crippen molar-refractivity contribution in [3.05, 3.63) is 142 Å². The van der Waals surface area contributed by atoms with Crippen molar-refractivity contribution in [2.75, 3.05) is 0 Å². The van der Waals surface area contributed by atoms with Gasteiger partial charge in [0.2, 0.25) is 0 Å². The Morgan fingerprint density at radius 2 is 0.688 bits per heavy atom. The molecule has 0 unspecified atom stereocenters. The third-order valence-corrected chi connectivity index (χ3v) is 5.54. The van der Waals surface area contributed by atoms with Gasteiger partial charge in [-0.15, -0.1) is 0 Å². The molecule has 2 nitrogen and oxygen atoms in total. The first-order valence-electron chi connectivity index (χ1n) is 10.5. The van der Waals surface area contributed by atoms with Crippen molar-refractivity contribution in [2.45, 2.75) is 13.8 Å². The lowest BCUT2D eigenvalue weighted by atomic mass is 9.85. The molecule has 0 aliphatic rings. The summed E-state index contributed by atoms with van der Waals surface area (Å²) in [5, 5.41) is 18.5. The normalized spacial score (nSPS) is 10.1. The molecule has 0 aromatic heterocycles. The van der Waals surface area contributed by atoms with Crippen LogP contribution in [0.3, 0.4) is 0 Å². The minimum Gasteiger partial charge on any atom is -0.192 e. The van der Waals surface area contributed by atoms with Crippen LogP contribution in [-0.2, 0) is 0 Å². The van der Waals surface area contributed by atoms with Crippen molar-refractivity contribution < 1.29 is 0 Å². The van der Waals surface area contributed by atoms with Crippen molar-refractivity contribution in [3.8, 4) is 12.1 Å². The molecule has 0 heterocycles. The summed E-state index contributed by atoms with van der Waals surface area (Å²) in [7, 11) is 0. The predicted molar refractivity (Wildman–Crippen MR) is 130 cm³/mol. The van der Waals surface area contributed by atoms with E-state index in [9.17, 15) is 10.5 Å². The molecular formula is C30H22N2. The summed E-state index contributed by atoms with van der Waals surface area (Å²) in [6.07, 6.45) is 0. The fourth-order valence-electron chi connectivity index (χ4n) is 3.77. The average Bonchev–Trinajstić information content (AvgIpc) is 2.84. The molecule has 0 bridgehead atoms. The maximum Gasteiger partial charge on any atom is 0.0991 e. The van der Waals surface area contributed by atoms with Gasteiger partial charge in [0.05, 0.1) is 23.3 Å². The van der Waals surface area contributed by atoms with Crippen LogP contribution in [0.15, 0.2) is 97.1 Å². The van der Waals surface area contributed by atoms with E-state index in [1.54, 1.807) is 0 Å². The first kappa shape index (κ1) is 20.9. The number of nitrogens with zero attached hydrogens (tertiary/aromatic N) is 2. The van der Waals surface area contributed by atoms with Crippen LogP contribution in [0.2, 0.25) is 0 Å². The average molecular weight is 411 g/mol. The minimum atomic E-state index is 0.625. The summed E-state index contributed by atoms with van der Waals surface area (Å²) in [5.74, 6) is 0. The number of benzene rings is 4. The first-order valence-corrected chi connectivity index (χ1v) is 10.5. The maximum atomic E-state index is 9.27. The molecule has 0 radical (unpaired) electrons. The molecule has 152 valence electrons. The van der Waals surface area contributed by atoms with Crippen LogP contribution in [-0.4, -0.2) is 0 Å². The van der Waals surface area contributed by atoms with Crippen LogP contribution in [0, 0.1) is 36.5 Å². The van der Waals surface area contributed by atoms with E-state index in [1.807, 2.05) is 48.5 Å². The largest absolute Gasteiger partial charge is 0.192 e. The minimum absolute atomic E-state index is 0.625. The van der Waals surface area contributed by atoms with Gasteiger partial charge in [-0.2, -0.15) is 10.5 Å². The van der Waals surface area contributed by atoms with Crippen LogP contribution in [0.5, 0.6) is 0 Å². The molecule has 0 aliphatic carbocycles. The van der Waals surface area contributed by atoms with Gasteiger partial charge in [0, 0.05) is 0 Å². The summed E-state index contributed by atoms with van der Waals surface area (Å²) < 4.78 is 0. The smallest absolute Gasteiger partial charge is 0.0991 e. The number of hydrogen-bond acceptors (Lipinski definition) is 2. The Kier molecular flexibility index (Phi) is 5.98. The van der Waals surface area contributed by atoms with E-state index in [-0.39, 0.29) is 0 Å². The molecule has 32 heavy (non-hydrogen) atoms. The van der Waals surface area contributed by atoms with Crippen molar-refractivity contribution in [1.82, 2.24) is 0 Å². The number of aryl methyl sites for hydroxylation is 2. The van der Waals surface area contributed by atoms with Gasteiger partial charge in [-0.05, 0) is 71.5 Å². The Morgan fingerprint density at radius 1 is 0.438 bits per heavy atom. The van der Waals surface area contributed by atoms with Gasteiger partial charge in [-0.1, -0.05) is 83.9 Å². The van der Waals surface area contributed by atoms with E-state index in [2.05, 4.69) is 74.5 Å². The van der Waals surface area contributed by atoms with Gasteiger partial charge >= 0.3 is 0 Å². The molecule has 0 atom stereocenters. The summed E-state index contributed by atoms with van der Waals surface area (Å²) in [5.41, 5.74) is 10.1. The van der Waals surface area contributed by atoms with E-state index < -0.39 is 0 Å². The van der Waals surface area contributed by atoms with Crippen LogP contribution < -0.4 is 0 Å². The SMILES string of the molecule is Cc1ccc(C(=C(c2ccc(C#N)cc2)c2ccc(C#N)cc2)c2ccc(C)cc2)cc1. The molecule has 0 saturated heterocycles. The zero-order valence-corrected chi connectivity index (χ0v) is 18.1. The van der Waals surface area contributed by atoms with Crippen LogP contribution in [0.1, 0.15) is 44.5 Å². The van der Waals surface area contributed by atoms with Crippen molar-refractivity contribution in [1.29, 1.82) is 10.5 Å². The molecule has 0 N–H and O–H groups in total. The highest BCUT2D eigenvalue weighted by atomic mass is 14.2. The van der Waals surface area contributed by atoms with E-state index in [4.69, 9.17) is 0 Å². The number of nitriles is 2. The van der Waals surface area contributed by atoms with Gasteiger partial charge < -0.3 is 0 Å². The molecule has 0 saturated carbocycles. The summed E-state index contributed by atoms with van der Waals surface area (Å²) in [6, 6.07) is 36.9. The molecule has 4 aromatic rings. The highest BCUT2D eigenvalue weighted by Gasteiger charge is 2.16. The lowest BCUT2D eigenvalue weighted by molar-refractivity contribution is 1.42. The third kappa shape index (κ3) is 4.36. The Morgan fingerprint density at radius 3 is 0.938 bits per heavy atom. The third-order valence-electron chi connectivity index (χ3n) is 5.54. The predicted octanol–water partition coefficient (Wildman–Crippen LogP) is 7.05. The van der Waals surface area contributed by atoms with Crippen LogP contribution in [0.4, 0.5) is 0 Å². The Balaban J connectivity index is 2.07. The van der Waals surface area contributed by atoms with Gasteiger partial charge in [0.1, 0.15) is 0 Å². The molecule has 0 amide bonds. The van der Waals surface area contributed by atoms with Crippen LogP contribution >= 0.6 is 0 Å². The second-order valence-electron chi connectivity index (χ2n) is 7.86. The zero-order valence-electron chi connectivity index (χ0n) is 18.1. The highest BCUT2D eigenvalue weighted by molar-refractivity contribution is 6.04. The molecule has 4 aromatic carbocycles. The quantitative estimate of drug-likeness (QED) is 0.338. The standard InChI is InChI=1S/C30H22N2/c1-21-3-11-25(12-4-21)29(26-13-5-22(2)6-14-26)30(27-15-7-23(19-31)8-16-27)28-17-9-24(20-32)10-18-28/h3-18H,1-2H3. The Bertz CT molecular complexity index is 1240. The summed E-state index contributed by atoms with van der Waals surface area (Å²) in [6.45, 7) is 4.17. The molecule has 4 rings (SSSR count). The molecule has 0 spiro atoms. The van der Waals surface area contributed by atoms with Gasteiger partial charge in [-0.25, -0.2) is 0 Å². The topological polar surface area (TPSA) is 47.6 Å². The zero-order chi connectivity index (χ0) is 22.5. The first-order chi connectivity index (χ1) is 15.6. The van der Waals surface area contributed by atoms with E-state index in [1.165, 1.54) is 11.1 Å². The second-order valence-corrected chi connectivity index (χ2v) is 7.86. The number of hydrogen-bond donors (Lipinski definition) is 0. The number of rotatable bonds is 4. The maximum absolute atomic E-state index is 9.27. The van der Waals surface area contributed by atoms with Crippen LogP contribution in [0.25, 0.3) is 11.1 Å². The second kappa shape index (κ2) is 9.17. The Labute approximate surface area is 189 Å². The molecule has 0 fully saturated rings. The van der Waals surface area contributed by atoms with Gasteiger partial charge in [0.25, 0.3) is 0 Å². The van der Waals surface area contributed by atoms with Gasteiger partial charge in [-0.3, -0.25) is 0 Å². The van der Waals surface area contributed by atoms with E-state index in [0.29, 0.717) is 11.1 Å². The van der Waals surface area contributed by atoms with E-state index in [0.717, 1.165) is 33.4 Å². The van der Waals surface area contributed by atoms with Gasteiger partial charge in [0.15, 0.2) is 0 Å². The molecule has 2 heteroatoms. The Hall–Kier alpha value is -4.40. The lowest BCUT2D eigenvalue weighted by Crippen LogP contribution is -1.98. The molecule has 0 aliphatic heterocycles. The lowest BCUT2D eigenvalue weighted by Gasteiger charge is -2.18. The van der Waals surface area contributed by atoms with Crippen molar-refractivity contribution in [3.63, 3.8) is 0 Å². The summed E-state index contributed by atoms with van der Waals surface area (Å²) in [4.78, 5) is 0. The fourth-order valence-corrected chi connectivity index (χ4v) is 3.77. The van der Waals surface area contributed by atoms with Crippen molar-refractivity contribution in [2.24, 2.45) is 0 Å². The molecular weight excluding hydrogens is 388 g/mol. The van der Waals surface area contributed by atoms with E-state index >= 15 is 0 Å². The van der Waals surface area contributed by atoms with Crippen molar-refractivity contribution >= 4 is 11.1 Å². The highest BCUT2D eigenvalue weighted by Crippen LogP contribution is 2.37.